The fraction of sp³-hybridized carbons (Fsp3) is 0.417. The van der Waals surface area contributed by atoms with Crippen molar-refractivity contribution in [2.75, 3.05) is 6.61 Å². The standard InChI is InChI=1S/C12H16BrNO4S/c1-3-4-5-18-12(15)9-6-10(13)8(2)11(7-9)19(14,16)17/h6-7H,3-5H2,1-2H3,(H2,14,16,17). The number of unbranched alkanes of at least 4 members (excludes halogenated alkanes) is 1. The number of primary sulfonamides is 1. The zero-order valence-corrected chi connectivity index (χ0v) is 13.2. The van der Waals surface area contributed by atoms with Crippen molar-refractivity contribution in [2.45, 2.75) is 31.6 Å². The predicted molar refractivity (Wildman–Crippen MR) is 75.4 cm³/mol. The molecule has 0 amide bonds. The molecular formula is C12H16BrNO4S. The molecule has 0 bridgehead atoms. The average Bonchev–Trinajstić information content (AvgIpc) is 2.31. The Morgan fingerprint density at radius 2 is 2.05 bits per heavy atom. The maximum absolute atomic E-state index is 11.8. The Morgan fingerprint density at radius 3 is 2.58 bits per heavy atom. The number of carbonyl (C=O) groups is 1. The molecule has 0 aliphatic carbocycles. The van der Waals surface area contributed by atoms with Crippen LogP contribution in [0.1, 0.15) is 35.7 Å². The number of hydrogen-bond donors (Lipinski definition) is 1. The molecule has 5 nitrogen and oxygen atoms in total. The molecule has 0 aliphatic heterocycles. The van der Waals surface area contributed by atoms with Crippen LogP contribution in [0.3, 0.4) is 0 Å². The molecule has 106 valence electrons. The highest BCUT2D eigenvalue weighted by Gasteiger charge is 2.18. The van der Waals surface area contributed by atoms with E-state index in [0.717, 1.165) is 12.8 Å². The summed E-state index contributed by atoms with van der Waals surface area (Å²) in [5.41, 5.74) is 0.630. The first-order valence-corrected chi connectivity index (χ1v) is 8.11. The highest BCUT2D eigenvalue weighted by molar-refractivity contribution is 9.10. The number of ether oxygens (including phenoxy) is 1. The van der Waals surface area contributed by atoms with E-state index in [1.54, 1.807) is 6.92 Å². The van der Waals surface area contributed by atoms with Crippen molar-refractivity contribution in [3.63, 3.8) is 0 Å². The van der Waals surface area contributed by atoms with Gasteiger partial charge >= 0.3 is 5.97 Å². The van der Waals surface area contributed by atoms with Gasteiger partial charge in [-0.2, -0.15) is 0 Å². The SMILES string of the molecule is CCCCOC(=O)c1cc(Br)c(C)c(S(N)(=O)=O)c1. The third-order valence-electron chi connectivity index (χ3n) is 2.57. The van der Waals surface area contributed by atoms with Crippen molar-refractivity contribution in [1.29, 1.82) is 0 Å². The van der Waals surface area contributed by atoms with Gasteiger partial charge in [0.15, 0.2) is 0 Å². The molecular weight excluding hydrogens is 334 g/mol. The summed E-state index contributed by atoms with van der Waals surface area (Å²) in [6.45, 7) is 3.90. The van der Waals surface area contributed by atoms with Crippen LogP contribution in [0.15, 0.2) is 21.5 Å². The molecule has 7 heteroatoms. The zero-order valence-electron chi connectivity index (χ0n) is 10.8. The first kappa shape index (κ1) is 16.1. The lowest BCUT2D eigenvalue weighted by molar-refractivity contribution is 0.0499. The largest absolute Gasteiger partial charge is 0.462 e. The molecule has 0 atom stereocenters. The van der Waals surface area contributed by atoms with Crippen LogP contribution in [-0.4, -0.2) is 21.0 Å². The molecule has 1 aromatic rings. The van der Waals surface area contributed by atoms with Gasteiger partial charge in [-0.05, 0) is 31.0 Å². The van der Waals surface area contributed by atoms with E-state index in [9.17, 15) is 13.2 Å². The Labute approximate surface area is 121 Å². The summed E-state index contributed by atoms with van der Waals surface area (Å²) in [7, 11) is -3.87. The van der Waals surface area contributed by atoms with E-state index in [1.807, 2.05) is 6.92 Å². The molecule has 0 aromatic heterocycles. The van der Waals surface area contributed by atoms with Gasteiger partial charge in [-0.25, -0.2) is 18.4 Å². The van der Waals surface area contributed by atoms with Gasteiger partial charge in [0, 0.05) is 4.47 Å². The molecule has 0 aliphatic rings. The van der Waals surface area contributed by atoms with Crippen LogP contribution in [0.4, 0.5) is 0 Å². The second-order valence-corrected chi connectivity index (χ2v) is 6.50. The van der Waals surface area contributed by atoms with Crippen LogP contribution in [-0.2, 0) is 14.8 Å². The van der Waals surface area contributed by atoms with E-state index in [4.69, 9.17) is 9.88 Å². The lowest BCUT2D eigenvalue weighted by Crippen LogP contribution is -2.16. The number of nitrogens with two attached hydrogens (primary N) is 1. The van der Waals surface area contributed by atoms with E-state index in [-0.39, 0.29) is 10.5 Å². The summed E-state index contributed by atoms with van der Waals surface area (Å²) in [6.07, 6.45) is 1.67. The first-order chi connectivity index (χ1) is 8.77. The van der Waals surface area contributed by atoms with Crippen LogP contribution in [0.2, 0.25) is 0 Å². The van der Waals surface area contributed by atoms with Gasteiger partial charge in [-0.15, -0.1) is 0 Å². The molecule has 1 aromatic carbocycles. The molecule has 0 spiro atoms. The van der Waals surface area contributed by atoms with Crippen molar-refractivity contribution in [3.05, 3.63) is 27.7 Å². The van der Waals surface area contributed by atoms with Crippen molar-refractivity contribution in [1.82, 2.24) is 0 Å². The highest BCUT2D eigenvalue weighted by Crippen LogP contribution is 2.25. The van der Waals surface area contributed by atoms with Crippen LogP contribution < -0.4 is 5.14 Å². The van der Waals surface area contributed by atoms with Crippen LogP contribution in [0, 0.1) is 6.92 Å². The van der Waals surface area contributed by atoms with Gasteiger partial charge in [0.2, 0.25) is 10.0 Å². The molecule has 0 fully saturated rings. The van der Waals surface area contributed by atoms with Gasteiger partial charge in [-0.1, -0.05) is 29.3 Å². The minimum absolute atomic E-state index is 0.0793. The smallest absolute Gasteiger partial charge is 0.338 e. The van der Waals surface area contributed by atoms with Crippen LogP contribution in [0.5, 0.6) is 0 Å². The normalized spacial score (nSPS) is 11.4. The van der Waals surface area contributed by atoms with E-state index < -0.39 is 16.0 Å². The Bertz CT molecular complexity index is 584. The molecule has 2 N–H and O–H groups in total. The maximum atomic E-state index is 11.8. The quantitative estimate of drug-likeness (QED) is 0.652. The van der Waals surface area contributed by atoms with Crippen molar-refractivity contribution in [3.8, 4) is 0 Å². The number of esters is 1. The Kier molecular flexibility index (Phi) is 5.51. The zero-order chi connectivity index (χ0) is 14.6. The van der Waals surface area contributed by atoms with E-state index in [1.165, 1.54) is 12.1 Å². The predicted octanol–water partition coefficient (Wildman–Crippen LogP) is 2.36. The molecule has 19 heavy (non-hydrogen) atoms. The topological polar surface area (TPSA) is 86.5 Å². The summed E-state index contributed by atoms with van der Waals surface area (Å²) < 4.78 is 28.4. The number of carbonyl (C=O) groups excluding carboxylic acids is 1. The second kappa shape index (κ2) is 6.49. The van der Waals surface area contributed by atoms with E-state index in [0.29, 0.717) is 16.6 Å². The number of rotatable bonds is 5. The molecule has 0 heterocycles. The molecule has 0 saturated heterocycles. The maximum Gasteiger partial charge on any atom is 0.338 e. The monoisotopic (exact) mass is 349 g/mol. The fourth-order valence-corrected chi connectivity index (χ4v) is 2.88. The van der Waals surface area contributed by atoms with Crippen molar-refractivity contribution >= 4 is 31.9 Å². The van der Waals surface area contributed by atoms with E-state index >= 15 is 0 Å². The summed E-state index contributed by atoms with van der Waals surface area (Å²) in [6, 6.07) is 2.77. The molecule has 0 radical (unpaired) electrons. The minimum Gasteiger partial charge on any atom is -0.462 e. The number of benzene rings is 1. The average molecular weight is 350 g/mol. The van der Waals surface area contributed by atoms with Gasteiger partial charge in [0.05, 0.1) is 17.1 Å². The minimum atomic E-state index is -3.87. The third-order valence-corrected chi connectivity index (χ3v) is 4.43. The van der Waals surface area contributed by atoms with Crippen LogP contribution >= 0.6 is 15.9 Å². The van der Waals surface area contributed by atoms with Gasteiger partial charge in [-0.3, -0.25) is 0 Å². The number of sulfonamides is 1. The lowest BCUT2D eigenvalue weighted by atomic mass is 10.1. The van der Waals surface area contributed by atoms with Crippen LogP contribution in [0.25, 0.3) is 0 Å². The summed E-state index contributed by atoms with van der Waals surface area (Å²) >= 11 is 3.21. The van der Waals surface area contributed by atoms with Gasteiger partial charge < -0.3 is 4.74 Å². The second-order valence-electron chi connectivity index (χ2n) is 4.12. The Morgan fingerprint density at radius 1 is 1.42 bits per heavy atom. The molecule has 1 rings (SSSR count). The first-order valence-electron chi connectivity index (χ1n) is 5.77. The fourth-order valence-electron chi connectivity index (χ4n) is 1.46. The summed E-state index contributed by atoms with van der Waals surface area (Å²) in [5.74, 6) is -0.556. The van der Waals surface area contributed by atoms with E-state index in [2.05, 4.69) is 15.9 Å². The Hall–Kier alpha value is -0.920. The molecule has 0 unspecified atom stereocenters. The Balaban J connectivity index is 3.11. The number of hydrogen-bond acceptors (Lipinski definition) is 4. The number of halogens is 1. The van der Waals surface area contributed by atoms with Gasteiger partial charge in [0.1, 0.15) is 0 Å². The lowest BCUT2D eigenvalue weighted by Gasteiger charge is -2.09. The summed E-state index contributed by atoms with van der Waals surface area (Å²) in [4.78, 5) is 11.7. The molecule has 0 saturated carbocycles. The van der Waals surface area contributed by atoms with Crippen molar-refractivity contribution < 1.29 is 17.9 Å². The summed E-state index contributed by atoms with van der Waals surface area (Å²) in [5, 5.41) is 5.12. The van der Waals surface area contributed by atoms with Gasteiger partial charge in [0.25, 0.3) is 0 Å². The third kappa shape index (κ3) is 4.29. The van der Waals surface area contributed by atoms with Crippen molar-refractivity contribution in [2.24, 2.45) is 5.14 Å². The highest BCUT2D eigenvalue weighted by atomic mass is 79.9.